The highest BCUT2D eigenvalue weighted by molar-refractivity contribution is 7.47. The molecule has 3 N–H and O–H groups in total. The average molecular weight is 1380 g/mol. The van der Waals surface area contributed by atoms with Gasteiger partial charge >= 0.3 is 39.5 Å². The van der Waals surface area contributed by atoms with Crippen molar-refractivity contribution in [3.8, 4) is 0 Å². The molecule has 0 fully saturated rings. The summed E-state index contributed by atoms with van der Waals surface area (Å²) in [6.07, 6.45) is 51.3. The van der Waals surface area contributed by atoms with Crippen molar-refractivity contribution < 1.29 is 80.2 Å². The molecule has 3 unspecified atom stereocenters. The molecule has 0 saturated heterocycles. The molecule has 0 aromatic carbocycles. The number of carbonyl (C=O) groups excluding carboxylic acids is 4. The van der Waals surface area contributed by atoms with E-state index in [9.17, 15) is 43.2 Å². The molecule has 0 amide bonds. The number of esters is 4. The van der Waals surface area contributed by atoms with Gasteiger partial charge in [-0.15, -0.1) is 0 Å². The number of phosphoric acid groups is 2. The zero-order valence-electron chi connectivity index (χ0n) is 61.4. The second-order valence-corrected chi connectivity index (χ2v) is 31.1. The molecule has 0 aliphatic heterocycles. The van der Waals surface area contributed by atoms with Crippen LogP contribution in [0.2, 0.25) is 0 Å². The second-order valence-electron chi connectivity index (χ2n) is 28.2. The van der Waals surface area contributed by atoms with Crippen molar-refractivity contribution in [1.82, 2.24) is 0 Å². The Balaban J connectivity index is 5.26. The average Bonchev–Trinajstić information content (AvgIpc) is 1.43. The van der Waals surface area contributed by atoms with E-state index in [0.717, 1.165) is 114 Å². The maximum atomic E-state index is 13.1. The van der Waals surface area contributed by atoms with Crippen molar-refractivity contribution in [1.29, 1.82) is 0 Å². The molecule has 0 spiro atoms. The minimum atomic E-state index is -4.96. The molecule has 0 radical (unpaired) electrons. The van der Waals surface area contributed by atoms with Crippen molar-refractivity contribution >= 4 is 39.5 Å². The lowest BCUT2D eigenvalue weighted by Crippen LogP contribution is -2.30. The summed E-state index contributed by atoms with van der Waals surface area (Å²) in [5, 5.41) is 10.6. The SMILES string of the molecule is CCCCCCCCCCCCCCCCCCC(=O)O[C@H](COC(=O)CCCCCCCCCCCCCCC(C)C)COP(=O)(O)OC[C@@H](O)COP(=O)(O)OC[C@@H](COC(=O)CCCCCCCCC(C)CC)OC(=O)CCCCCCCCCCCCC(C)C. The summed E-state index contributed by atoms with van der Waals surface area (Å²) in [6, 6.07) is 0. The zero-order valence-corrected chi connectivity index (χ0v) is 63.2. The van der Waals surface area contributed by atoms with Gasteiger partial charge in [-0.25, -0.2) is 9.13 Å². The molecule has 0 rings (SSSR count). The third kappa shape index (κ3) is 67.3. The van der Waals surface area contributed by atoms with E-state index < -0.39 is 97.5 Å². The van der Waals surface area contributed by atoms with E-state index >= 15 is 0 Å². The van der Waals surface area contributed by atoms with Crippen LogP contribution in [0.1, 0.15) is 382 Å². The highest BCUT2D eigenvalue weighted by Crippen LogP contribution is 2.45. The van der Waals surface area contributed by atoms with E-state index in [1.54, 1.807) is 0 Å². The van der Waals surface area contributed by atoms with Crippen LogP contribution >= 0.6 is 15.6 Å². The van der Waals surface area contributed by atoms with Crippen LogP contribution in [0, 0.1) is 17.8 Å². The molecule has 0 heterocycles. The third-order valence-corrected chi connectivity index (χ3v) is 19.6. The Morgan fingerprint density at radius 1 is 0.309 bits per heavy atom. The second kappa shape index (κ2) is 65.7. The molecule has 94 heavy (non-hydrogen) atoms. The fourth-order valence-corrected chi connectivity index (χ4v) is 13.0. The number of rotatable bonds is 73. The molecule has 0 aliphatic carbocycles. The Hall–Kier alpha value is -1.94. The van der Waals surface area contributed by atoms with Crippen LogP contribution in [0.5, 0.6) is 0 Å². The first-order chi connectivity index (χ1) is 45.3. The number of aliphatic hydroxyl groups is 1. The summed E-state index contributed by atoms with van der Waals surface area (Å²) >= 11 is 0. The number of ether oxygens (including phenoxy) is 4. The maximum Gasteiger partial charge on any atom is 0.472 e. The quantitative estimate of drug-likeness (QED) is 0.0222. The topological polar surface area (TPSA) is 237 Å². The van der Waals surface area contributed by atoms with Gasteiger partial charge in [0.15, 0.2) is 12.2 Å². The maximum absolute atomic E-state index is 13.1. The van der Waals surface area contributed by atoms with E-state index in [2.05, 4.69) is 48.5 Å². The van der Waals surface area contributed by atoms with Gasteiger partial charge in [0.1, 0.15) is 19.3 Å². The lowest BCUT2D eigenvalue weighted by Gasteiger charge is -2.21. The summed E-state index contributed by atoms with van der Waals surface area (Å²) in [6.45, 7) is 11.9. The van der Waals surface area contributed by atoms with Gasteiger partial charge in [0.2, 0.25) is 0 Å². The van der Waals surface area contributed by atoms with E-state index in [-0.39, 0.29) is 25.7 Å². The monoisotopic (exact) mass is 1380 g/mol. The van der Waals surface area contributed by atoms with Crippen LogP contribution in [0.4, 0.5) is 0 Å². The van der Waals surface area contributed by atoms with Crippen LogP contribution in [0.25, 0.3) is 0 Å². The fraction of sp³-hybridized carbons (Fsp3) is 0.947. The molecule has 19 heteroatoms. The normalized spacial score (nSPS) is 14.4. The lowest BCUT2D eigenvalue weighted by atomic mass is 10.00. The molecule has 0 aliphatic rings. The van der Waals surface area contributed by atoms with Crippen molar-refractivity contribution in [2.45, 2.75) is 401 Å². The molecular weight excluding hydrogens is 1230 g/mol. The first kappa shape index (κ1) is 92.1. The Bertz CT molecular complexity index is 1840. The standard InChI is InChI=1S/C75H146O17P2/c1-8-10-11-12-13-14-15-16-17-18-19-24-30-35-44-51-58-74(79)91-70(62-85-72(77)56-49-42-34-29-23-21-20-22-27-32-39-46-53-66(3)4)64-89-93(81,82)87-60-69(76)61-88-94(83,84)90-65-71(63-86-73(78)57-50-43-38-37-41-48-55-68(7)9-2)92-75(80)59-52-45-36-31-26-25-28-33-40-47-54-67(5)6/h66-71,76H,8-65H2,1-7H3,(H,81,82)(H,83,84)/t68?,69-,70-,71-/m1/s1. The molecule has 0 saturated carbocycles. The van der Waals surface area contributed by atoms with Gasteiger partial charge in [-0.05, 0) is 43.4 Å². The van der Waals surface area contributed by atoms with Gasteiger partial charge in [0.05, 0.1) is 26.4 Å². The Morgan fingerprint density at radius 2 is 0.543 bits per heavy atom. The van der Waals surface area contributed by atoms with Crippen molar-refractivity contribution in [2.24, 2.45) is 17.8 Å². The van der Waals surface area contributed by atoms with Gasteiger partial charge in [0, 0.05) is 25.7 Å². The first-order valence-electron chi connectivity index (χ1n) is 38.9. The van der Waals surface area contributed by atoms with Crippen molar-refractivity contribution in [3.05, 3.63) is 0 Å². The van der Waals surface area contributed by atoms with Crippen molar-refractivity contribution in [3.63, 3.8) is 0 Å². The third-order valence-electron chi connectivity index (χ3n) is 17.7. The fourth-order valence-electron chi connectivity index (χ4n) is 11.4. The van der Waals surface area contributed by atoms with Gasteiger partial charge in [0.25, 0.3) is 0 Å². The van der Waals surface area contributed by atoms with Gasteiger partial charge < -0.3 is 33.8 Å². The lowest BCUT2D eigenvalue weighted by molar-refractivity contribution is -0.161. The van der Waals surface area contributed by atoms with Crippen LogP contribution in [0.3, 0.4) is 0 Å². The molecular formula is C75H146O17P2. The largest absolute Gasteiger partial charge is 0.472 e. The molecule has 6 atom stereocenters. The minimum absolute atomic E-state index is 0.105. The number of phosphoric ester groups is 2. The molecule has 558 valence electrons. The van der Waals surface area contributed by atoms with Crippen LogP contribution in [-0.2, 0) is 65.4 Å². The van der Waals surface area contributed by atoms with Gasteiger partial charge in [-0.1, -0.05) is 331 Å². The van der Waals surface area contributed by atoms with Gasteiger partial charge in [-0.2, -0.15) is 0 Å². The molecule has 0 aromatic heterocycles. The number of aliphatic hydroxyl groups excluding tert-OH is 1. The predicted molar refractivity (Wildman–Crippen MR) is 381 cm³/mol. The molecule has 0 bridgehead atoms. The molecule has 0 aromatic rings. The van der Waals surface area contributed by atoms with Crippen LogP contribution < -0.4 is 0 Å². The van der Waals surface area contributed by atoms with E-state index in [1.807, 2.05) is 0 Å². The van der Waals surface area contributed by atoms with E-state index in [0.29, 0.717) is 25.7 Å². The van der Waals surface area contributed by atoms with Crippen molar-refractivity contribution in [2.75, 3.05) is 39.6 Å². The highest BCUT2D eigenvalue weighted by Gasteiger charge is 2.30. The Morgan fingerprint density at radius 3 is 0.809 bits per heavy atom. The van der Waals surface area contributed by atoms with Crippen LogP contribution in [0.15, 0.2) is 0 Å². The first-order valence-corrected chi connectivity index (χ1v) is 41.9. The number of hydrogen-bond donors (Lipinski definition) is 3. The van der Waals surface area contributed by atoms with Gasteiger partial charge in [-0.3, -0.25) is 37.3 Å². The zero-order chi connectivity index (χ0) is 69.4. The number of carbonyl (C=O) groups is 4. The number of unbranched alkanes of at least 4 members (excludes halogenated alkanes) is 40. The minimum Gasteiger partial charge on any atom is -0.462 e. The summed E-state index contributed by atoms with van der Waals surface area (Å²) in [7, 11) is -9.91. The predicted octanol–water partition coefficient (Wildman–Crippen LogP) is 21.8. The number of hydrogen-bond acceptors (Lipinski definition) is 15. The highest BCUT2D eigenvalue weighted by atomic mass is 31.2. The Kier molecular flexibility index (Phi) is 64.3. The van der Waals surface area contributed by atoms with E-state index in [1.165, 1.54) is 186 Å². The summed E-state index contributed by atoms with van der Waals surface area (Å²) in [5.74, 6) is 0.145. The summed E-state index contributed by atoms with van der Waals surface area (Å²) < 4.78 is 68.5. The summed E-state index contributed by atoms with van der Waals surface area (Å²) in [5.41, 5.74) is 0. The molecule has 17 nitrogen and oxygen atoms in total. The summed E-state index contributed by atoms with van der Waals surface area (Å²) in [4.78, 5) is 72.8. The Labute approximate surface area is 575 Å². The van der Waals surface area contributed by atoms with Crippen LogP contribution in [-0.4, -0.2) is 96.7 Å². The van der Waals surface area contributed by atoms with E-state index in [4.69, 9.17) is 37.0 Å². The smallest absolute Gasteiger partial charge is 0.462 e.